The van der Waals surface area contributed by atoms with Gasteiger partial charge in [0.1, 0.15) is 11.6 Å². The van der Waals surface area contributed by atoms with Gasteiger partial charge in [-0.05, 0) is 72.5 Å². The molecule has 40 heavy (non-hydrogen) atoms. The summed E-state index contributed by atoms with van der Waals surface area (Å²) in [7, 11) is 1.55. The Hall–Kier alpha value is -4.44. The van der Waals surface area contributed by atoms with Gasteiger partial charge in [-0.3, -0.25) is 14.5 Å². The van der Waals surface area contributed by atoms with E-state index in [1.807, 2.05) is 0 Å². The van der Waals surface area contributed by atoms with E-state index in [4.69, 9.17) is 14.2 Å². The Morgan fingerprint density at radius 1 is 1.02 bits per heavy atom. The van der Waals surface area contributed by atoms with Crippen LogP contribution in [0.1, 0.15) is 40.4 Å². The average Bonchev–Trinajstić information content (AvgIpc) is 3.61. The number of amides is 3. The Labute approximate surface area is 231 Å². The molecule has 2 aliphatic heterocycles. The third-order valence-corrected chi connectivity index (χ3v) is 7.00. The van der Waals surface area contributed by atoms with E-state index >= 15 is 0 Å². The minimum atomic E-state index is -0.960. The van der Waals surface area contributed by atoms with Gasteiger partial charge in [-0.1, -0.05) is 24.3 Å². The van der Waals surface area contributed by atoms with Gasteiger partial charge in [-0.15, -0.1) is 0 Å². The number of halogens is 1. The second-order valence-electron chi connectivity index (χ2n) is 9.69. The van der Waals surface area contributed by atoms with Gasteiger partial charge in [0, 0.05) is 24.4 Å². The fraction of sp³-hybridized carbons (Fsp3) is 0.300. The van der Waals surface area contributed by atoms with Crippen LogP contribution in [0.3, 0.4) is 0 Å². The maximum absolute atomic E-state index is 13.4. The molecule has 10 heteroatoms. The molecule has 0 aliphatic carbocycles. The monoisotopic (exact) mass is 547 g/mol. The number of hydrogen-bond donors (Lipinski definition) is 2. The van der Waals surface area contributed by atoms with Crippen LogP contribution in [0, 0.1) is 5.82 Å². The quantitative estimate of drug-likeness (QED) is 0.410. The largest absolute Gasteiger partial charge is 0.497 e. The van der Waals surface area contributed by atoms with Crippen molar-refractivity contribution in [3.8, 4) is 5.75 Å². The Morgan fingerprint density at radius 3 is 2.40 bits per heavy atom. The van der Waals surface area contributed by atoms with E-state index in [1.54, 1.807) is 67.8 Å². The summed E-state index contributed by atoms with van der Waals surface area (Å²) in [4.78, 5) is 40.4. The molecule has 0 aromatic heterocycles. The number of benzene rings is 3. The molecule has 0 radical (unpaired) electrons. The SMILES string of the molecule is COc1ccc(C(=O)Nc2ccc(C3OC(=O)N(Cc4ccc(F)cc4)C3C(=O)NCC3CCCO3)cc2)cc1. The molecule has 0 bridgehead atoms. The highest BCUT2D eigenvalue weighted by molar-refractivity contribution is 6.04. The predicted molar refractivity (Wildman–Crippen MR) is 144 cm³/mol. The molecule has 3 unspecified atom stereocenters. The molecule has 9 nitrogen and oxygen atoms in total. The number of carbonyl (C=O) groups excluding carboxylic acids is 3. The number of nitrogens with one attached hydrogen (secondary N) is 2. The van der Waals surface area contributed by atoms with E-state index in [2.05, 4.69) is 10.6 Å². The van der Waals surface area contributed by atoms with Gasteiger partial charge in [-0.2, -0.15) is 0 Å². The molecule has 2 aliphatic rings. The van der Waals surface area contributed by atoms with Gasteiger partial charge in [0.2, 0.25) is 5.91 Å². The van der Waals surface area contributed by atoms with Gasteiger partial charge in [0.25, 0.3) is 5.91 Å². The minimum absolute atomic E-state index is 0.0698. The molecule has 208 valence electrons. The molecule has 3 aromatic rings. The zero-order valence-corrected chi connectivity index (χ0v) is 22.0. The zero-order valence-electron chi connectivity index (χ0n) is 22.0. The van der Waals surface area contributed by atoms with E-state index in [0.717, 1.165) is 12.8 Å². The molecule has 2 saturated heterocycles. The summed E-state index contributed by atoms with van der Waals surface area (Å²) in [6, 6.07) is 18.3. The molecule has 2 fully saturated rings. The van der Waals surface area contributed by atoms with E-state index in [0.29, 0.717) is 41.3 Å². The van der Waals surface area contributed by atoms with Gasteiger partial charge < -0.3 is 24.8 Å². The van der Waals surface area contributed by atoms with Crippen molar-refractivity contribution in [3.63, 3.8) is 0 Å². The highest BCUT2D eigenvalue weighted by Crippen LogP contribution is 2.34. The lowest BCUT2D eigenvalue weighted by molar-refractivity contribution is -0.126. The fourth-order valence-corrected chi connectivity index (χ4v) is 4.82. The van der Waals surface area contributed by atoms with Crippen LogP contribution >= 0.6 is 0 Å². The van der Waals surface area contributed by atoms with Crippen LogP contribution in [0.15, 0.2) is 72.8 Å². The second kappa shape index (κ2) is 12.2. The number of carbonyl (C=O) groups is 3. The first-order valence-electron chi connectivity index (χ1n) is 13.1. The number of nitrogens with zero attached hydrogens (tertiary/aromatic N) is 1. The first-order valence-corrected chi connectivity index (χ1v) is 13.1. The molecular weight excluding hydrogens is 517 g/mol. The Balaban J connectivity index is 1.32. The van der Waals surface area contributed by atoms with Gasteiger partial charge in [0.15, 0.2) is 12.1 Å². The van der Waals surface area contributed by atoms with Crippen LogP contribution in [0.2, 0.25) is 0 Å². The normalized spacial score (nSPS) is 20.2. The van der Waals surface area contributed by atoms with E-state index in [9.17, 15) is 18.8 Å². The molecule has 3 atom stereocenters. The third kappa shape index (κ3) is 6.23. The van der Waals surface area contributed by atoms with E-state index < -0.39 is 24.1 Å². The first kappa shape index (κ1) is 27.1. The van der Waals surface area contributed by atoms with Gasteiger partial charge >= 0.3 is 6.09 Å². The molecule has 5 rings (SSSR count). The predicted octanol–water partition coefficient (Wildman–Crippen LogP) is 4.44. The number of ether oxygens (including phenoxy) is 3. The lowest BCUT2D eigenvalue weighted by atomic mass is 10.00. The first-order chi connectivity index (χ1) is 19.4. The lowest BCUT2D eigenvalue weighted by Gasteiger charge is -2.25. The van der Waals surface area contributed by atoms with E-state index in [-0.39, 0.29) is 24.5 Å². The van der Waals surface area contributed by atoms with Crippen LogP contribution < -0.4 is 15.4 Å². The van der Waals surface area contributed by atoms with Crippen LogP contribution in [0.4, 0.5) is 14.9 Å². The van der Waals surface area contributed by atoms with Gasteiger partial charge in [0.05, 0.1) is 19.8 Å². The molecular formula is C30H30FN3O6. The lowest BCUT2D eigenvalue weighted by Crippen LogP contribution is -2.47. The number of hydrogen-bond acceptors (Lipinski definition) is 6. The maximum Gasteiger partial charge on any atom is 0.411 e. The van der Waals surface area contributed by atoms with E-state index in [1.165, 1.54) is 17.0 Å². The third-order valence-electron chi connectivity index (χ3n) is 7.00. The number of cyclic esters (lactones) is 1. The summed E-state index contributed by atoms with van der Waals surface area (Å²) in [5.41, 5.74) is 2.26. The topological polar surface area (TPSA) is 106 Å². The van der Waals surface area contributed by atoms with Crippen LogP contribution in [-0.4, -0.2) is 55.2 Å². The van der Waals surface area contributed by atoms with Crippen molar-refractivity contribution in [1.82, 2.24) is 10.2 Å². The summed E-state index contributed by atoms with van der Waals surface area (Å²) < 4.78 is 29.9. The standard InChI is InChI=1S/C30H30FN3O6/c1-38-24-14-8-21(9-15-24)28(35)33-23-12-6-20(7-13-23)27-26(29(36)32-17-25-3-2-16-39-25)34(30(37)40-27)18-19-4-10-22(31)11-5-19/h4-15,25-27H,2-3,16-18H2,1H3,(H,32,36)(H,33,35). The number of methoxy groups -OCH3 is 1. The zero-order chi connectivity index (χ0) is 28.1. The number of anilines is 1. The van der Waals surface area contributed by atoms with Crippen molar-refractivity contribution in [2.45, 2.75) is 37.6 Å². The highest BCUT2D eigenvalue weighted by atomic mass is 19.1. The summed E-state index contributed by atoms with van der Waals surface area (Å²) >= 11 is 0. The van der Waals surface area contributed by atoms with Crippen molar-refractivity contribution >= 4 is 23.6 Å². The van der Waals surface area contributed by atoms with Crippen molar-refractivity contribution in [2.75, 3.05) is 25.6 Å². The number of rotatable bonds is 9. The average molecular weight is 548 g/mol. The van der Waals surface area contributed by atoms with Crippen molar-refractivity contribution in [3.05, 3.63) is 95.3 Å². The Bertz CT molecular complexity index is 1340. The van der Waals surface area contributed by atoms with Crippen LogP contribution in [0.25, 0.3) is 0 Å². The Morgan fingerprint density at radius 2 is 1.75 bits per heavy atom. The van der Waals surface area contributed by atoms with Gasteiger partial charge in [-0.25, -0.2) is 9.18 Å². The molecule has 3 aromatic carbocycles. The van der Waals surface area contributed by atoms with Crippen molar-refractivity contribution in [1.29, 1.82) is 0 Å². The summed E-state index contributed by atoms with van der Waals surface area (Å²) in [5.74, 6) is -0.407. The molecule has 0 saturated carbocycles. The van der Waals surface area contributed by atoms with Crippen molar-refractivity contribution in [2.24, 2.45) is 0 Å². The maximum atomic E-state index is 13.4. The van der Waals surface area contributed by atoms with Crippen LogP contribution in [-0.2, 0) is 20.8 Å². The summed E-state index contributed by atoms with van der Waals surface area (Å²) in [6.45, 7) is 1.06. The summed E-state index contributed by atoms with van der Waals surface area (Å²) in [5, 5.41) is 5.74. The Kier molecular flexibility index (Phi) is 8.26. The molecule has 2 heterocycles. The van der Waals surface area contributed by atoms with Crippen molar-refractivity contribution < 1.29 is 33.0 Å². The molecule has 2 N–H and O–H groups in total. The molecule has 0 spiro atoms. The minimum Gasteiger partial charge on any atom is -0.497 e. The highest BCUT2D eigenvalue weighted by Gasteiger charge is 2.47. The fourth-order valence-electron chi connectivity index (χ4n) is 4.82. The van der Waals surface area contributed by atoms with Crippen LogP contribution in [0.5, 0.6) is 5.75 Å². The summed E-state index contributed by atoms with van der Waals surface area (Å²) in [6.07, 6.45) is 0.186. The smallest absolute Gasteiger partial charge is 0.411 e. The second-order valence-corrected chi connectivity index (χ2v) is 9.69. The molecule has 3 amide bonds.